The van der Waals surface area contributed by atoms with E-state index in [1.165, 1.54) is 6.42 Å². The van der Waals surface area contributed by atoms with Crippen LogP contribution in [0, 0.1) is 10.6 Å². The average Bonchev–Trinajstić information content (AvgIpc) is 3.07. The zero-order valence-electron chi connectivity index (χ0n) is 9.68. The second kappa shape index (κ2) is 4.08. The molecule has 1 aliphatic rings. The molecule has 1 aromatic heterocycles. The van der Waals surface area contributed by atoms with E-state index in [4.69, 9.17) is 12.2 Å². The van der Waals surface area contributed by atoms with Gasteiger partial charge in [0.25, 0.3) is 0 Å². The number of nitrogens with one attached hydrogen (secondary N) is 1. The van der Waals surface area contributed by atoms with E-state index in [-0.39, 0.29) is 0 Å². The highest BCUT2D eigenvalue weighted by atomic mass is 32.1. The Labute approximate surface area is 106 Å². The van der Waals surface area contributed by atoms with Crippen LogP contribution in [0.2, 0.25) is 0 Å². The van der Waals surface area contributed by atoms with Crippen LogP contribution >= 0.6 is 12.2 Å². The van der Waals surface area contributed by atoms with E-state index < -0.39 is 0 Å². The number of benzene rings is 1. The third-order valence-corrected chi connectivity index (χ3v) is 3.52. The van der Waals surface area contributed by atoms with Crippen LogP contribution in [-0.4, -0.2) is 9.97 Å². The molecule has 1 aromatic carbocycles. The van der Waals surface area contributed by atoms with Gasteiger partial charge in [0.05, 0.1) is 0 Å². The van der Waals surface area contributed by atoms with Crippen LogP contribution < -0.4 is 0 Å². The molecule has 1 saturated carbocycles. The zero-order valence-corrected chi connectivity index (χ0v) is 10.5. The number of aromatic amines is 1. The molecule has 17 heavy (non-hydrogen) atoms. The first-order valence-corrected chi connectivity index (χ1v) is 6.31. The largest absolute Gasteiger partial charge is 0.343 e. The number of nitrogens with zero attached hydrogens (tertiary/aromatic N) is 1. The maximum absolute atomic E-state index is 5.24. The molecule has 0 aliphatic heterocycles. The molecule has 2 atom stereocenters. The molecular formula is C14H14N2S. The molecule has 2 unspecified atom stereocenters. The normalized spacial score (nSPS) is 22.4. The smallest absolute Gasteiger partial charge is 0.130 e. The number of hydrogen-bond acceptors (Lipinski definition) is 2. The summed E-state index contributed by atoms with van der Waals surface area (Å²) < 4.78 is 0.678. The Kier molecular flexibility index (Phi) is 2.56. The van der Waals surface area contributed by atoms with Crippen LogP contribution in [-0.2, 0) is 0 Å². The highest BCUT2D eigenvalue weighted by Crippen LogP contribution is 2.45. The van der Waals surface area contributed by atoms with Crippen LogP contribution in [0.15, 0.2) is 36.4 Å². The summed E-state index contributed by atoms with van der Waals surface area (Å²) in [7, 11) is 0. The summed E-state index contributed by atoms with van der Waals surface area (Å²) >= 11 is 5.24. The predicted molar refractivity (Wildman–Crippen MR) is 71.4 cm³/mol. The van der Waals surface area contributed by atoms with Crippen LogP contribution in [0.3, 0.4) is 0 Å². The Morgan fingerprint density at radius 2 is 2.00 bits per heavy atom. The minimum Gasteiger partial charge on any atom is -0.343 e. The Morgan fingerprint density at radius 1 is 1.29 bits per heavy atom. The third kappa shape index (κ3) is 2.15. The lowest BCUT2D eigenvalue weighted by molar-refractivity contribution is 0.841. The second-order valence-corrected chi connectivity index (χ2v) is 5.12. The van der Waals surface area contributed by atoms with Gasteiger partial charge in [-0.15, -0.1) is 0 Å². The SMILES string of the molecule is CC1CC1c1nc(=S)cc(-c2ccccc2)[nH]1. The number of H-pyrrole nitrogens is 1. The van der Waals surface area contributed by atoms with Crippen molar-refractivity contribution in [1.29, 1.82) is 0 Å². The van der Waals surface area contributed by atoms with E-state index in [9.17, 15) is 0 Å². The van der Waals surface area contributed by atoms with Crippen LogP contribution in [0.25, 0.3) is 11.3 Å². The van der Waals surface area contributed by atoms with Gasteiger partial charge in [-0.2, -0.15) is 0 Å². The fourth-order valence-electron chi connectivity index (χ4n) is 2.13. The Balaban J connectivity index is 2.06. The van der Waals surface area contributed by atoms with E-state index in [0.717, 1.165) is 23.0 Å². The van der Waals surface area contributed by atoms with Crippen LogP contribution in [0.1, 0.15) is 25.1 Å². The maximum atomic E-state index is 5.24. The van der Waals surface area contributed by atoms with Gasteiger partial charge in [0.2, 0.25) is 0 Å². The monoisotopic (exact) mass is 242 g/mol. The molecule has 3 rings (SSSR count). The highest BCUT2D eigenvalue weighted by molar-refractivity contribution is 7.71. The van der Waals surface area contributed by atoms with E-state index in [1.54, 1.807) is 0 Å². The fourth-order valence-corrected chi connectivity index (χ4v) is 2.34. The maximum Gasteiger partial charge on any atom is 0.130 e. The molecule has 0 saturated heterocycles. The first-order valence-electron chi connectivity index (χ1n) is 5.91. The lowest BCUT2D eigenvalue weighted by Crippen LogP contribution is -1.96. The fraction of sp³-hybridized carbons (Fsp3) is 0.286. The molecule has 2 nitrogen and oxygen atoms in total. The first kappa shape index (κ1) is 10.7. The molecule has 1 heterocycles. The Morgan fingerprint density at radius 3 is 2.65 bits per heavy atom. The van der Waals surface area contributed by atoms with E-state index in [2.05, 4.69) is 29.0 Å². The van der Waals surface area contributed by atoms with E-state index in [0.29, 0.717) is 10.6 Å². The standard InChI is InChI=1S/C14H14N2S/c1-9-7-11(9)14-15-12(8-13(17)16-14)10-5-3-2-4-6-10/h2-6,8-9,11H,7H2,1H3,(H,15,16,17). The minimum absolute atomic E-state index is 0.570. The second-order valence-electron chi connectivity index (χ2n) is 4.70. The summed E-state index contributed by atoms with van der Waals surface area (Å²) in [6.07, 6.45) is 1.22. The van der Waals surface area contributed by atoms with Crippen molar-refractivity contribution in [2.45, 2.75) is 19.3 Å². The summed E-state index contributed by atoms with van der Waals surface area (Å²) in [5.74, 6) is 2.35. The molecular weight excluding hydrogens is 228 g/mol. The number of hydrogen-bond donors (Lipinski definition) is 1. The van der Waals surface area contributed by atoms with Crippen molar-refractivity contribution >= 4 is 12.2 Å². The summed E-state index contributed by atoms with van der Waals surface area (Å²) in [5, 5.41) is 0. The van der Waals surface area contributed by atoms with E-state index >= 15 is 0 Å². The lowest BCUT2D eigenvalue weighted by Gasteiger charge is -2.05. The predicted octanol–water partition coefficient (Wildman–Crippen LogP) is 3.93. The van der Waals surface area contributed by atoms with Crippen LogP contribution in [0.4, 0.5) is 0 Å². The van der Waals surface area contributed by atoms with Gasteiger partial charge in [-0.25, -0.2) is 4.98 Å². The quantitative estimate of drug-likeness (QED) is 0.808. The molecule has 86 valence electrons. The van der Waals surface area contributed by atoms with Gasteiger partial charge in [0.1, 0.15) is 10.5 Å². The molecule has 1 fully saturated rings. The summed E-state index contributed by atoms with van der Waals surface area (Å²) in [6.45, 7) is 2.25. The average molecular weight is 242 g/mol. The van der Waals surface area contributed by atoms with Crippen molar-refractivity contribution in [3.8, 4) is 11.3 Å². The first-order chi connectivity index (χ1) is 8.24. The highest BCUT2D eigenvalue weighted by Gasteiger charge is 2.36. The minimum atomic E-state index is 0.570. The molecule has 2 aromatic rings. The summed E-state index contributed by atoms with van der Waals surface area (Å²) in [4.78, 5) is 7.85. The van der Waals surface area contributed by atoms with Gasteiger partial charge in [-0.3, -0.25) is 0 Å². The molecule has 3 heteroatoms. The van der Waals surface area contributed by atoms with Crippen molar-refractivity contribution in [3.05, 3.63) is 46.9 Å². The zero-order chi connectivity index (χ0) is 11.8. The topological polar surface area (TPSA) is 28.7 Å². The Hall–Kier alpha value is -1.48. The molecule has 0 amide bonds. The van der Waals surface area contributed by atoms with E-state index in [1.807, 2.05) is 24.3 Å². The van der Waals surface area contributed by atoms with Gasteiger partial charge in [0, 0.05) is 11.6 Å². The number of rotatable bonds is 2. The van der Waals surface area contributed by atoms with Gasteiger partial charge < -0.3 is 4.98 Å². The summed E-state index contributed by atoms with van der Waals surface area (Å²) in [5.41, 5.74) is 2.23. The molecule has 1 aliphatic carbocycles. The van der Waals surface area contributed by atoms with Crippen molar-refractivity contribution in [1.82, 2.24) is 9.97 Å². The van der Waals surface area contributed by atoms with Gasteiger partial charge in [-0.1, -0.05) is 49.5 Å². The van der Waals surface area contributed by atoms with Crippen molar-refractivity contribution in [2.24, 2.45) is 5.92 Å². The van der Waals surface area contributed by atoms with Crippen molar-refractivity contribution in [3.63, 3.8) is 0 Å². The van der Waals surface area contributed by atoms with Gasteiger partial charge >= 0.3 is 0 Å². The van der Waals surface area contributed by atoms with Crippen LogP contribution in [0.5, 0.6) is 0 Å². The lowest BCUT2D eigenvalue weighted by atomic mass is 10.1. The van der Waals surface area contributed by atoms with Crippen molar-refractivity contribution in [2.75, 3.05) is 0 Å². The molecule has 0 spiro atoms. The molecule has 0 radical (unpaired) electrons. The Bertz CT molecular complexity index is 589. The summed E-state index contributed by atoms with van der Waals surface area (Å²) in [6, 6.07) is 12.2. The van der Waals surface area contributed by atoms with Crippen molar-refractivity contribution < 1.29 is 0 Å². The molecule has 1 N–H and O–H groups in total. The molecule has 0 bridgehead atoms. The number of aromatic nitrogens is 2. The van der Waals surface area contributed by atoms with Gasteiger partial charge in [0.15, 0.2) is 0 Å². The third-order valence-electron chi connectivity index (χ3n) is 3.31. The van der Waals surface area contributed by atoms with Gasteiger partial charge in [-0.05, 0) is 24.0 Å².